The Morgan fingerprint density at radius 1 is 1.24 bits per heavy atom. The first kappa shape index (κ1) is 27.1. The van der Waals surface area contributed by atoms with Crippen LogP contribution in [0.2, 0.25) is 0 Å². The molecule has 7 nitrogen and oxygen atoms in total. The smallest absolute Gasteiger partial charge is 0.321 e. The van der Waals surface area contributed by atoms with Crippen molar-refractivity contribution in [2.75, 3.05) is 19.6 Å². The molecule has 0 aromatic heterocycles. The van der Waals surface area contributed by atoms with Gasteiger partial charge in [-0.1, -0.05) is 26.3 Å². The Hall–Kier alpha value is -2.12. The van der Waals surface area contributed by atoms with Crippen molar-refractivity contribution in [2.24, 2.45) is 5.92 Å². The number of phenols is 1. The standard InChI is InChI=1S/C21H33NO2.C5H10N2O2/c1-5-10-21(24)16(3)22(14-17-7-8-17)12-11-20(21,4)19-13-18(23)9-6-15(19)2;1-3-6-5(9)7-4(2)8/h6,9,13,16-17,23-24H,5,7-8,10-12,14H2,1-4H3;3H2,1-2H3,(H2,6,7,8,9). The molecule has 3 rings (SSSR count). The Kier molecular flexibility index (Phi) is 9.32. The molecule has 1 saturated heterocycles. The molecule has 4 N–H and O–H groups in total. The van der Waals surface area contributed by atoms with Crippen LogP contribution in [0.4, 0.5) is 4.79 Å². The Balaban J connectivity index is 0.000000365. The first-order valence-electron chi connectivity index (χ1n) is 12.3. The van der Waals surface area contributed by atoms with Gasteiger partial charge in [0.05, 0.1) is 5.60 Å². The molecule has 186 valence electrons. The Morgan fingerprint density at radius 3 is 2.45 bits per heavy atom. The summed E-state index contributed by atoms with van der Waals surface area (Å²) in [7, 11) is 0. The van der Waals surface area contributed by atoms with E-state index in [9.17, 15) is 19.8 Å². The van der Waals surface area contributed by atoms with Gasteiger partial charge in [0.1, 0.15) is 5.75 Å². The molecule has 1 aromatic carbocycles. The van der Waals surface area contributed by atoms with Crippen LogP contribution < -0.4 is 10.6 Å². The minimum Gasteiger partial charge on any atom is -0.508 e. The Morgan fingerprint density at radius 2 is 1.91 bits per heavy atom. The van der Waals surface area contributed by atoms with E-state index in [-0.39, 0.29) is 17.4 Å². The van der Waals surface area contributed by atoms with Crippen LogP contribution in [0.5, 0.6) is 5.75 Å². The molecule has 0 bridgehead atoms. The predicted molar refractivity (Wildman–Crippen MR) is 131 cm³/mol. The van der Waals surface area contributed by atoms with Crippen molar-refractivity contribution in [3.8, 4) is 5.75 Å². The van der Waals surface area contributed by atoms with Gasteiger partial charge in [0.25, 0.3) is 0 Å². The van der Waals surface area contributed by atoms with Crippen LogP contribution in [-0.2, 0) is 10.2 Å². The van der Waals surface area contributed by atoms with E-state index in [0.29, 0.717) is 12.3 Å². The second-order valence-corrected chi connectivity index (χ2v) is 9.91. The van der Waals surface area contributed by atoms with Gasteiger partial charge in [-0.25, -0.2) is 4.79 Å². The zero-order valence-electron chi connectivity index (χ0n) is 21.2. The molecule has 3 atom stereocenters. The minimum absolute atomic E-state index is 0.138. The molecule has 7 heteroatoms. The van der Waals surface area contributed by atoms with E-state index in [1.807, 2.05) is 12.1 Å². The number of rotatable bonds is 6. The van der Waals surface area contributed by atoms with Gasteiger partial charge >= 0.3 is 6.03 Å². The summed E-state index contributed by atoms with van der Waals surface area (Å²) in [5.41, 5.74) is 1.17. The molecular formula is C26H43N3O4. The van der Waals surface area contributed by atoms with Crippen LogP contribution in [0.25, 0.3) is 0 Å². The van der Waals surface area contributed by atoms with Gasteiger partial charge in [-0.05, 0) is 82.2 Å². The largest absolute Gasteiger partial charge is 0.508 e. The first-order valence-corrected chi connectivity index (χ1v) is 12.3. The summed E-state index contributed by atoms with van der Waals surface area (Å²) in [4.78, 5) is 23.1. The molecule has 0 spiro atoms. The zero-order valence-corrected chi connectivity index (χ0v) is 21.2. The van der Waals surface area contributed by atoms with Crippen LogP contribution in [0.1, 0.15) is 77.8 Å². The number of hydrogen-bond donors (Lipinski definition) is 4. The van der Waals surface area contributed by atoms with Crippen molar-refractivity contribution >= 4 is 11.9 Å². The van der Waals surface area contributed by atoms with Crippen LogP contribution >= 0.6 is 0 Å². The average Bonchev–Trinajstić information content (AvgIpc) is 3.55. The molecule has 3 amide bonds. The van der Waals surface area contributed by atoms with Crippen molar-refractivity contribution < 1.29 is 19.8 Å². The van der Waals surface area contributed by atoms with Crippen molar-refractivity contribution in [2.45, 2.75) is 90.7 Å². The molecule has 3 unspecified atom stereocenters. The summed E-state index contributed by atoms with van der Waals surface area (Å²) in [5, 5.41) is 26.4. The quantitative estimate of drug-likeness (QED) is 0.515. The van der Waals surface area contributed by atoms with Gasteiger partial charge in [-0.3, -0.25) is 15.0 Å². The lowest BCUT2D eigenvalue weighted by Crippen LogP contribution is -2.67. The number of aryl methyl sites for hydroxylation is 1. The van der Waals surface area contributed by atoms with Gasteiger partial charge in [0, 0.05) is 31.5 Å². The highest BCUT2D eigenvalue weighted by Gasteiger charge is 2.55. The number of urea groups is 1. The summed E-state index contributed by atoms with van der Waals surface area (Å²) in [6.07, 6.45) is 5.38. The summed E-state index contributed by atoms with van der Waals surface area (Å²) in [5.74, 6) is 0.787. The maximum Gasteiger partial charge on any atom is 0.321 e. The summed E-state index contributed by atoms with van der Waals surface area (Å²) < 4.78 is 0. The number of nitrogens with zero attached hydrogens (tertiary/aromatic N) is 1. The predicted octanol–water partition coefficient (Wildman–Crippen LogP) is 3.85. The van der Waals surface area contributed by atoms with E-state index < -0.39 is 11.6 Å². The normalized spacial score (nSPS) is 27.3. The topological polar surface area (TPSA) is 102 Å². The van der Waals surface area contributed by atoms with Crippen LogP contribution in [-0.4, -0.2) is 58.3 Å². The first-order chi connectivity index (χ1) is 15.5. The van der Waals surface area contributed by atoms with Gasteiger partial charge in [-0.2, -0.15) is 0 Å². The zero-order chi connectivity index (χ0) is 24.8. The highest BCUT2D eigenvalue weighted by atomic mass is 16.3. The Labute approximate surface area is 198 Å². The minimum atomic E-state index is -0.770. The number of hydrogen-bond acceptors (Lipinski definition) is 5. The lowest BCUT2D eigenvalue weighted by Gasteiger charge is -2.57. The number of piperidine rings is 1. The number of benzene rings is 1. The number of amides is 3. The number of aliphatic hydroxyl groups is 1. The van der Waals surface area contributed by atoms with Gasteiger partial charge < -0.3 is 15.5 Å². The highest BCUT2D eigenvalue weighted by molar-refractivity contribution is 5.92. The fraction of sp³-hybridized carbons (Fsp3) is 0.692. The number of carbonyl (C=O) groups excluding carboxylic acids is 2. The van der Waals surface area contributed by atoms with E-state index in [0.717, 1.165) is 49.4 Å². The maximum absolute atomic E-state index is 11.9. The third kappa shape index (κ3) is 6.48. The van der Waals surface area contributed by atoms with Crippen molar-refractivity contribution in [1.29, 1.82) is 0 Å². The van der Waals surface area contributed by atoms with Crippen LogP contribution in [0.3, 0.4) is 0 Å². The van der Waals surface area contributed by atoms with Gasteiger partial charge in [0.2, 0.25) is 5.91 Å². The fourth-order valence-corrected chi connectivity index (χ4v) is 5.22. The van der Waals surface area contributed by atoms with Crippen molar-refractivity contribution in [1.82, 2.24) is 15.5 Å². The average molecular weight is 462 g/mol. The second-order valence-electron chi connectivity index (χ2n) is 9.91. The van der Waals surface area contributed by atoms with Gasteiger partial charge in [-0.15, -0.1) is 0 Å². The number of nitrogens with one attached hydrogen (secondary N) is 2. The Bertz CT molecular complexity index is 826. The third-order valence-corrected chi connectivity index (χ3v) is 7.36. The van der Waals surface area contributed by atoms with Gasteiger partial charge in [0.15, 0.2) is 0 Å². The maximum atomic E-state index is 11.9. The van der Waals surface area contributed by atoms with Crippen molar-refractivity contribution in [3.05, 3.63) is 29.3 Å². The summed E-state index contributed by atoms with van der Waals surface area (Å²) in [6.45, 7) is 14.4. The SMILES string of the molecule is CCCC1(O)C(C)N(CC2CC2)CCC1(C)c1cc(O)ccc1C.CCNC(=O)NC(C)=O. The second kappa shape index (κ2) is 11.3. The summed E-state index contributed by atoms with van der Waals surface area (Å²) in [6, 6.07) is 5.29. The molecule has 1 aromatic rings. The highest BCUT2D eigenvalue weighted by Crippen LogP contribution is 2.50. The summed E-state index contributed by atoms with van der Waals surface area (Å²) >= 11 is 0. The molecule has 0 radical (unpaired) electrons. The molecule has 1 aliphatic heterocycles. The van der Waals surface area contributed by atoms with Crippen LogP contribution in [0.15, 0.2) is 18.2 Å². The van der Waals surface area contributed by atoms with Crippen molar-refractivity contribution in [3.63, 3.8) is 0 Å². The molecule has 1 saturated carbocycles. The number of likely N-dealkylation sites (tertiary alicyclic amines) is 1. The monoisotopic (exact) mass is 461 g/mol. The lowest BCUT2D eigenvalue weighted by molar-refractivity contribution is -0.134. The fourth-order valence-electron chi connectivity index (χ4n) is 5.22. The molecule has 2 aliphatic rings. The number of carbonyl (C=O) groups is 2. The molecule has 33 heavy (non-hydrogen) atoms. The third-order valence-electron chi connectivity index (χ3n) is 7.36. The molecule has 1 aliphatic carbocycles. The van der Waals surface area contributed by atoms with Crippen LogP contribution in [0, 0.1) is 12.8 Å². The van der Waals surface area contributed by atoms with E-state index in [2.05, 4.69) is 43.2 Å². The van der Waals surface area contributed by atoms with E-state index in [1.54, 1.807) is 13.0 Å². The lowest BCUT2D eigenvalue weighted by atomic mass is 9.59. The number of phenolic OH excluding ortho intramolecular Hbond substituents is 1. The number of aromatic hydroxyl groups is 1. The molecule has 2 fully saturated rings. The number of imide groups is 1. The molecular weight excluding hydrogens is 418 g/mol. The van der Waals surface area contributed by atoms with E-state index in [1.165, 1.54) is 19.8 Å². The van der Waals surface area contributed by atoms with E-state index in [4.69, 9.17) is 0 Å². The molecule has 1 heterocycles. The van der Waals surface area contributed by atoms with E-state index >= 15 is 0 Å².